The predicted molar refractivity (Wildman–Crippen MR) is 109 cm³/mol. The summed E-state index contributed by atoms with van der Waals surface area (Å²) >= 11 is 7.64. The number of aryl methyl sites for hydroxylation is 1. The first-order chi connectivity index (χ1) is 11.4. The summed E-state index contributed by atoms with van der Waals surface area (Å²) in [6, 6.07) is 18.1. The Balaban J connectivity index is 1.86. The first kappa shape index (κ1) is 17.5. The summed E-state index contributed by atoms with van der Waals surface area (Å²) in [7, 11) is 0. The van der Waals surface area contributed by atoms with Crippen LogP contribution in [0.5, 0.6) is 5.75 Å². The van der Waals surface area contributed by atoms with Crippen molar-refractivity contribution in [3.63, 3.8) is 0 Å². The van der Waals surface area contributed by atoms with Crippen LogP contribution >= 0.6 is 18.2 Å². The van der Waals surface area contributed by atoms with Crippen LogP contribution in [0.15, 0.2) is 59.6 Å². The highest BCUT2D eigenvalue weighted by Crippen LogP contribution is 2.52. The molecule has 0 bridgehead atoms. The van der Waals surface area contributed by atoms with Crippen molar-refractivity contribution < 1.29 is 4.52 Å². The van der Waals surface area contributed by atoms with Crippen LogP contribution < -0.4 is 4.52 Å². The molecule has 0 radical (unpaired) electrons. The first-order valence-corrected chi connectivity index (χ1v) is 11.9. The smallest absolute Gasteiger partial charge is 0.203 e. The molecule has 1 aliphatic rings. The number of aliphatic imine (C=N–C) groups is 1. The van der Waals surface area contributed by atoms with E-state index in [1.165, 1.54) is 5.56 Å². The minimum absolute atomic E-state index is 0.454. The fourth-order valence-electron chi connectivity index (χ4n) is 2.44. The monoisotopic (exact) mass is 376 g/mol. The van der Waals surface area contributed by atoms with Gasteiger partial charge in [-0.15, -0.1) is 0 Å². The lowest BCUT2D eigenvalue weighted by atomic mass is 10.2. The lowest BCUT2D eigenvalue weighted by Crippen LogP contribution is -2.24. The van der Waals surface area contributed by atoms with Gasteiger partial charge in [0.15, 0.2) is 5.17 Å². The van der Waals surface area contributed by atoms with Crippen LogP contribution in [-0.4, -0.2) is 28.3 Å². The lowest BCUT2D eigenvalue weighted by Gasteiger charge is -2.29. The molecule has 1 heterocycles. The van der Waals surface area contributed by atoms with Crippen molar-refractivity contribution in [2.75, 3.05) is 13.2 Å². The summed E-state index contributed by atoms with van der Waals surface area (Å²) in [5, 5.41) is 1.42. The molecular formula is C18H21N2OPS2. The van der Waals surface area contributed by atoms with E-state index < -0.39 is 6.42 Å². The van der Waals surface area contributed by atoms with E-state index in [2.05, 4.69) is 30.7 Å². The van der Waals surface area contributed by atoms with Crippen LogP contribution in [0.4, 0.5) is 5.69 Å². The molecule has 3 rings (SSSR count). The van der Waals surface area contributed by atoms with Gasteiger partial charge in [0, 0.05) is 18.5 Å². The van der Waals surface area contributed by atoms with E-state index in [9.17, 15) is 0 Å². The van der Waals surface area contributed by atoms with E-state index in [1.54, 1.807) is 11.8 Å². The molecule has 24 heavy (non-hydrogen) atoms. The van der Waals surface area contributed by atoms with Crippen molar-refractivity contribution in [1.82, 2.24) is 4.67 Å². The molecule has 0 aliphatic carbocycles. The van der Waals surface area contributed by atoms with Crippen molar-refractivity contribution in [2.24, 2.45) is 4.99 Å². The number of rotatable bonds is 4. The topological polar surface area (TPSA) is 24.8 Å². The second-order valence-corrected chi connectivity index (χ2v) is 11.7. The van der Waals surface area contributed by atoms with Crippen LogP contribution in [0.1, 0.15) is 12.5 Å². The standard InChI is InChI=1S/C18H21N2OPS2/c1-14-9-11-16(12-10-14)19-18-20(13-15(2)24-18)22(3,23)21-17-7-5-4-6-8-17/h4-12,15H,13H2,1-3H3. The zero-order valence-electron chi connectivity index (χ0n) is 14.0. The molecule has 0 N–H and O–H groups in total. The largest absolute Gasteiger partial charge is 0.449 e. The summed E-state index contributed by atoms with van der Waals surface area (Å²) < 4.78 is 8.36. The molecule has 2 unspecified atom stereocenters. The maximum absolute atomic E-state index is 6.18. The highest BCUT2D eigenvalue weighted by molar-refractivity contribution is 8.17. The third kappa shape index (κ3) is 4.21. The molecule has 0 amide bonds. The van der Waals surface area contributed by atoms with E-state index in [-0.39, 0.29) is 0 Å². The van der Waals surface area contributed by atoms with E-state index in [0.29, 0.717) is 5.25 Å². The zero-order valence-corrected chi connectivity index (χ0v) is 16.6. The van der Waals surface area contributed by atoms with Gasteiger partial charge in [0.1, 0.15) is 5.75 Å². The average Bonchev–Trinajstić information content (AvgIpc) is 2.92. The normalized spacial score (nSPS) is 21.7. The molecule has 2 aromatic rings. The molecule has 1 aliphatic heterocycles. The molecule has 0 aromatic heterocycles. The maximum atomic E-state index is 6.18. The minimum Gasteiger partial charge on any atom is -0.449 e. The van der Waals surface area contributed by atoms with Gasteiger partial charge in [-0.2, -0.15) is 0 Å². The molecular weight excluding hydrogens is 355 g/mol. The molecule has 1 saturated heterocycles. The maximum Gasteiger partial charge on any atom is 0.203 e. The first-order valence-electron chi connectivity index (χ1n) is 7.86. The molecule has 0 saturated carbocycles. The Bertz CT molecular complexity index is 777. The lowest BCUT2D eigenvalue weighted by molar-refractivity contribution is 0.542. The number of hydrogen-bond acceptors (Lipinski definition) is 4. The summed E-state index contributed by atoms with van der Waals surface area (Å²) in [5.41, 5.74) is 2.19. The van der Waals surface area contributed by atoms with Gasteiger partial charge in [-0.1, -0.05) is 54.6 Å². The summed E-state index contributed by atoms with van der Waals surface area (Å²) in [4.78, 5) is 4.83. The third-order valence-corrected chi connectivity index (χ3v) is 7.48. The van der Waals surface area contributed by atoms with Crippen molar-refractivity contribution in [3.05, 3.63) is 60.2 Å². The van der Waals surface area contributed by atoms with Crippen molar-refractivity contribution in [3.8, 4) is 5.75 Å². The van der Waals surface area contributed by atoms with E-state index in [0.717, 1.165) is 23.1 Å². The van der Waals surface area contributed by atoms with Crippen LogP contribution in [0.25, 0.3) is 0 Å². The van der Waals surface area contributed by atoms with Gasteiger partial charge in [0.05, 0.1) is 5.69 Å². The number of nitrogens with zero attached hydrogens (tertiary/aromatic N) is 2. The Labute approximate surface area is 153 Å². The molecule has 2 atom stereocenters. The minimum atomic E-state index is -2.19. The summed E-state index contributed by atoms with van der Waals surface area (Å²) in [6.07, 6.45) is -2.19. The Morgan fingerprint density at radius 2 is 1.83 bits per heavy atom. The van der Waals surface area contributed by atoms with Gasteiger partial charge < -0.3 is 4.52 Å². The Morgan fingerprint density at radius 3 is 2.50 bits per heavy atom. The highest BCUT2D eigenvalue weighted by atomic mass is 32.4. The summed E-state index contributed by atoms with van der Waals surface area (Å²) in [5.74, 6) is 0.822. The number of benzene rings is 2. The molecule has 126 valence electrons. The van der Waals surface area contributed by atoms with Crippen LogP contribution in [-0.2, 0) is 11.8 Å². The molecule has 1 fully saturated rings. The fourth-order valence-corrected chi connectivity index (χ4v) is 6.45. The SMILES string of the molecule is Cc1ccc(N=C2SC(C)CN2P(C)(=S)Oc2ccccc2)cc1. The predicted octanol–water partition coefficient (Wildman–Crippen LogP) is 5.44. The van der Waals surface area contributed by atoms with E-state index in [4.69, 9.17) is 21.3 Å². The van der Waals surface area contributed by atoms with Crippen molar-refractivity contribution >= 4 is 40.8 Å². The second kappa shape index (κ2) is 7.30. The number of thioether (sulfide) groups is 1. The van der Waals surface area contributed by atoms with Crippen LogP contribution in [0, 0.1) is 6.92 Å². The van der Waals surface area contributed by atoms with Crippen LogP contribution in [0.2, 0.25) is 0 Å². The highest BCUT2D eigenvalue weighted by Gasteiger charge is 2.35. The van der Waals surface area contributed by atoms with Crippen LogP contribution in [0.3, 0.4) is 0 Å². The van der Waals surface area contributed by atoms with Gasteiger partial charge in [-0.05, 0) is 43.0 Å². The molecule has 0 spiro atoms. The van der Waals surface area contributed by atoms with Gasteiger partial charge in [-0.3, -0.25) is 4.67 Å². The van der Waals surface area contributed by atoms with Gasteiger partial charge >= 0.3 is 0 Å². The number of hydrogen-bond donors (Lipinski definition) is 0. The molecule has 2 aromatic carbocycles. The number of amidine groups is 1. The zero-order chi connectivity index (χ0) is 17.2. The van der Waals surface area contributed by atoms with Crippen molar-refractivity contribution in [1.29, 1.82) is 0 Å². The quantitative estimate of drug-likeness (QED) is 0.664. The average molecular weight is 376 g/mol. The van der Waals surface area contributed by atoms with Gasteiger partial charge in [0.25, 0.3) is 0 Å². The number of para-hydroxylation sites is 1. The summed E-state index contributed by atoms with van der Waals surface area (Å²) in [6.45, 7) is 7.18. The second-order valence-electron chi connectivity index (χ2n) is 5.95. The molecule has 6 heteroatoms. The van der Waals surface area contributed by atoms with E-state index >= 15 is 0 Å². The van der Waals surface area contributed by atoms with Gasteiger partial charge in [0.2, 0.25) is 6.42 Å². The fraction of sp³-hybridized carbons (Fsp3) is 0.278. The van der Waals surface area contributed by atoms with Gasteiger partial charge in [-0.25, -0.2) is 4.99 Å². The Morgan fingerprint density at radius 1 is 1.17 bits per heavy atom. The Hall–Kier alpha value is -1.29. The Kier molecular flexibility index (Phi) is 5.33. The van der Waals surface area contributed by atoms with E-state index in [1.807, 2.05) is 49.1 Å². The third-order valence-electron chi connectivity index (χ3n) is 3.67. The van der Waals surface area contributed by atoms with Crippen molar-refractivity contribution in [2.45, 2.75) is 19.1 Å². The molecule has 3 nitrogen and oxygen atoms in total.